The number of carbonyl (C=O) groups is 1. The molecule has 1 fully saturated rings. The van der Waals surface area contributed by atoms with Crippen molar-refractivity contribution in [2.45, 2.75) is 18.9 Å². The minimum atomic E-state index is -0.106. The van der Waals surface area contributed by atoms with E-state index < -0.39 is 0 Å². The van der Waals surface area contributed by atoms with Crippen molar-refractivity contribution in [2.24, 2.45) is 0 Å². The largest absolute Gasteiger partial charge is 0.335 e. The second-order valence-corrected chi connectivity index (χ2v) is 4.54. The summed E-state index contributed by atoms with van der Waals surface area (Å²) in [5.41, 5.74) is 0.831. The molecular weight excluding hydrogens is 214 g/mol. The minimum Gasteiger partial charge on any atom is -0.335 e. The van der Waals surface area contributed by atoms with E-state index in [9.17, 15) is 4.79 Å². The van der Waals surface area contributed by atoms with E-state index in [2.05, 4.69) is 22.6 Å². The van der Waals surface area contributed by atoms with E-state index in [-0.39, 0.29) is 6.03 Å². The Labute approximate surface area is 102 Å². The molecule has 0 spiro atoms. The van der Waals surface area contributed by atoms with Crippen molar-refractivity contribution in [1.82, 2.24) is 10.2 Å². The molecule has 4 nitrogen and oxygen atoms in total. The van der Waals surface area contributed by atoms with Crippen LogP contribution in [-0.2, 0) is 0 Å². The number of piperidine rings is 1. The van der Waals surface area contributed by atoms with Crippen molar-refractivity contribution in [3.05, 3.63) is 30.3 Å². The number of hydrogen-bond donors (Lipinski definition) is 2. The first-order chi connectivity index (χ1) is 8.24. The predicted octanol–water partition coefficient (Wildman–Crippen LogP) is 1.90. The number of nitrogens with zero attached hydrogens (tertiary/aromatic N) is 1. The van der Waals surface area contributed by atoms with Gasteiger partial charge in [0.05, 0.1) is 0 Å². The lowest BCUT2D eigenvalue weighted by atomic mass is 10.1. The highest BCUT2D eigenvalue weighted by molar-refractivity contribution is 5.89. The molecule has 1 heterocycles. The molecular formula is C13H19N3O. The SMILES string of the molecule is CN1CCC(NC(=O)Nc2ccccc2)CC1. The number of likely N-dealkylation sites (tertiary alicyclic amines) is 1. The van der Waals surface area contributed by atoms with Crippen molar-refractivity contribution >= 4 is 11.7 Å². The molecule has 2 rings (SSSR count). The normalized spacial score (nSPS) is 17.7. The molecule has 0 aliphatic carbocycles. The molecule has 0 saturated carbocycles. The van der Waals surface area contributed by atoms with Crippen LogP contribution in [0, 0.1) is 0 Å². The Morgan fingerprint density at radius 3 is 2.53 bits per heavy atom. The van der Waals surface area contributed by atoms with Gasteiger partial charge in [-0.2, -0.15) is 0 Å². The first-order valence-electron chi connectivity index (χ1n) is 6.05. The maximum atomic E-state index is 11.7. The zero-order chi connectivity index (χ0) is 12.1. The van der Waals surface area contributed by atoms with Crippen LogP contribution in [0.15, 0.2) is 30.3 Å². The van der Waals surface area contributed by atoms with Gasteiger partial charge in [0.2, 0.25) is 0 Å². The summed E-state index contributed by atoms with van der Waals surface area (Å²) in [6.45, 7) is 2.10. The molecule has 2 N–H and O–H groups in total. The van der Waals surface area contributed by atoms with Gasteiger partial charge in [-0.3, -0.25) is 0 Å². The van der Waals surface area contributed by atoms with Crippen LogP contribution in [0.3, 0.4) is 0 Å². The van der Waals surface area contributed by atoms with E-state index in [0.29, 0.717) is 6.04 Å². The lowest BCUT2D eigenvalue weighted by molar-refractivity contribution is 0.221. The Morgan fingerprint density at radius 1 is 1.24 bits per heavy atom. The molecule has 4 heteroatoms. The fourth-order valence-corrected chi connectivity index (χ4v) is 2.03. The van der Waals surface area contributed by atoms with Crippen LogP contribution < -0.4 is 10.6 Å². The van der Waals surface area contributed by atoms with Crippen LogP contribution in [0.2, 0.25) is 0 Å². The van der Waals surface area contributed by atoms with Crippen LogP contribution in [0.25, 0.3) is 0 Å². The van der Waals surface area contributed by atoms with Crippen LogP contribution >= 0.6 is 0 Å². The van der Waals surface area contributed by atoms with Crippen LogP contribution in [0.5, 0.6) is 0 Å². The van der Waals surface area contributed by atoms with Gasteiger partial charge in [-0.15, -0.1) is 0 Å². The third-order valence-electron chi connectivity index (χ3n) is 3.09. The van der Waals surface area contributed by atoms with Gasteiger partial charge in [-0.25, -0.2) is 4.79 Å². The molecule has 1 saturated heterocycles. The van der Waals surface area contributed by atoms with Gasteiger partial charge in [0, 0.05) is 11.7 Å². The molecule has 0 atom stereocenters. The first-order valence-corrected chi connectivity index (χ1v) is 6.05. The fourth-order valence-electron chi connectivity index (χ4n) is 2.03. The third kappa shape index (κ3) is 3.75. The number of urea groups is 1. The summed E-state index contributed by atoms with van der Waals surface area (Å²) in [6, 6.07) is 9.71. The second kappa shape index (κ2) is 5.68. The Hall–Kier alpha value is -1.55. The number of amides is 2. The molecule has 0 radical (unpaired) electrons. The average Bonchev–Trinajstić information content (AvgIpc) is 2.33. The van der Waals surface area contributed by atoms with E-state index in [1.165, 1.54) is 0 Å². The van der Waals surface area contributed by atoms with E-state index in [1.807, 2.05) is 30.3 Å². The fraction of sp³-hybridized carbons (Fsp3) is 0.462. The lowest BCUT2D eigenvalue weighted by Gasteiger charge is -2.29. The van der Waals surface area contributed by atoms with Crippen LogP contribution in [0.1, 0.15) is 12.8 Å². The van der Waals surface area contributed by atoms with Gasteiger partial charge in [-0.1, -0.05) is 18.2 Å². The number of hydrogen-bond acceptors (Lipinski definition) is 2. The van der Waals surface area contributed by atoms with Gasteiger partial charge >= 0.3 is 6.03 Å². The molecule has 1 aromatic carbocycles. The smallest absolute Gasteiger partial charge is 0.319 e. The average molecular weight is 233 g/mol. The quantitative estimate of drug-likeness (QED) is 0.819. The van der Waals surface area contributed by atoms with Crippen molar-refractivity contribution < 1.29 is 4.79 Å². The maximum Gasteiger partial charge on any atom is 0.319 e. The van der Waals surface area contributed by atoms with Gasteiger partial charge in [-0.05, 0) is 45.1 Å². The number of anilines is 1. The Bertz CT molecular complexity index is 358. The summed E-state index contributed by atoms with van der Waals surface area (Å²) >= 11 is 0. The minimum absolute atomic E-state index is 0.106. The van der Waals surface area contributed by atoms with Crippen LogP contribution in [0.4, 0.5) is 10.5 Å². The molecule has 0 aromatic heterocycles. The summed E-state index contributed by atoms with van der Waals surface area (Å²) in [4.78, 5) is 14.0. The second-order valence-electron chi connectivity index (χ2n) is 4.54. The molecule has 2 amide bonds. The summed E-state index contributed by atoms with van der Waals surface area (Å²) < 4.78 is 0. The maximum absolute atomic E-state index is 11.7. The zero-order valence-corrected chi connectivity index (χ0v) is 10.1. The van der Waals surface area contributed by atoms with E-state index in [1.54, 1.807) is 0 Å². The number of para-hydroxylation sites is 1. The van der Waals surface area contributed by atoms with E-state index in [0.717, 1.165) is 31.6 Å². The number of benzene rings is 1. The summed E-state index contributed by atoms with van der Waals surface area (Å²) in [6.07, 6.45) is 2.05. The van der Waals surface area contributed by atoms with Gasteiger partial charge in [0.1, 0.15) is 0 Å². The standard InChI is InChI=1S/C13H19N3O/c1-16-9-7-12(8-10-16)15-13(17)14-11-5-3-2-4-6-11/h2-6,12H,7-10H2,1H3,(H2,14,15,17). The van der Waals surface area contributed by atoms with Crippen molar-refractivity contribution in [3.63, 3.8) is 0 Å². The van der Waals surface area contributed by atoms with Crippen molar-refractivity contribution in [2.75, 3.05) is 25.5 Å². The van der Waals surface area contributed by atoms with Crippen LogP contribution in [-0.4, -0.2) is 37.1 Å². The lowest BCUT2D eigenvalue weighted by Crippen LogP contribution is -2.44. The Kier molecular flexibility index (Phi) is 3.98. The number of nitrogens with one attached hydrogen (secondary N) is 2. The molecule has 17 heavy (non-hydrogen) atoms. The topological polar surface area (TPSA) is 44.4 Å². The summed E-state index contributed by atoms with van der Waals surface area (Å²) in [5.74, 6) is 0. The van der Waals surface area contributed by atoms with E-state index >= 15 is 0 Å². The molecule has 0 unspecified atom stereocenters. The third-order valence-corrected chi connectivity index (χ3v) is 3.09. The molecule has 1 aromatic rings. The highest BCUT2D eigenvalue weighted by Crippen LogP contribution is 2.09. The predicted molar refractivity (Wildman–Crippen MR) is 69.1 cm³/mol. The van der Waals surface area contributed by atoms with Gasteiger partial charge < -0.3 is 15.5 Å². The Balaban J connectivity index is 1.78. The molecule has 0 bridgehead atoms. The zero-order valence-electron chi connectivity index (χ0n) is 10.1. The first kappa shape index (κ1) is 11.9. The number of carbonyl (C=O) groups excluding carboxylic acids is 1. The highest BCUT2D eigenvalue weighted by Gasteiger charge is 2.18. The Morgan fingerprint density at radius 2 is 1.88 bits per heavy atom. The monoisotopic (exact) mass is 233 g/mol. The van der Waals surface area contributed by atoms with E-state index in [4.69, 9.17) is 0 Å². The van der Waals surface area contributed by atoms with Gasteiger partial charge in [0.25, 0.3) is 0 Å². The highest BCUT2D eigenvalue weighted by atomic mass is 16.2. The number of rotatable bonds is 2. The molecule has 1 aliphatic rings. The van der Waals surface area contributed by atoms with Crippen molar-refractivity contribution in [1.29, 1.82) is 0 Å². The summed E-state index contributed by atoms with van der Waals surface area (Å²) in [7, 11) is 2.11. The molecule has 1 aliphatic heterocycles. The van der Waals surface area contributed by atoms with Crippen molar-refractivity contribution in [3.8, 4) is 0 Å². The summed E-state index contributed by atoms with van der Waals surface area (Å²) in [5, 5.41) is 5.85. The molecule has 92 valence electrons. The van der Waals surface area contributed by atoms with Gasteiger partial charge in [0.15, 0.2) is 0 Å².